The third-order valence-electron chi connectivity index (χ3n) is 6.41. The van der Waals surface area contributed by atoms with Crippen LogP contribution in [0.25, 0.3) is 16.9 Å². The van der Waals surface area contributed by atoms with Gasteiger partial charge in [0.1, 0.15) is 23.3 Å². The molecule has 1 atom stereocenters. The minimum absolute atomic E-state index is 0.144. The van der Waals surface area contributed by atoms with Gasteiger partial charge in [0.2, 0.25) is 0 Å². The predicted molar refractivity (Wildman–Crippen MR) is 146 cm³/mol. The molecule has 1 saturated heterocycles. The van der Waals surface area contributed by atoms with Gasteiger partial charge in [-0.15, -0.1) is 0 Å². The highest BCUT2D eigenvalue weighted by Crippen LogP contribution is 2.28. The molecule has 4 aromatic rings. The summed E-state index contributed by atoms with van der Waals surface area (Å²) in [6.07, 6.45) is 3.06. The molecule has 12 heteroatoms. The summed E-state index contributed by atoms with van der Waals surface area (Å²) in [5, 5.41) is 2.77. The van der Waals surface area contributed by atoms with Crippen molar-refractivity contribution in [3.8, 4) is 5.69 Å². The van der Waals surface area contributed by atoms with E-state index >= 15 is 0 Å². The summed E-state index contributed by atoms with van der Waals surface area (Å²) >= 11 is 0. The molecule has 0 aliphatic carbocycles. The minimum atomic E-state index is -0.622. The normalized spacial score (nSPS) is 15.5. The fourth-order valence-electron chi connectivity index (χ4n) is 4.64. The van der Waals surface area contributed by atoms with Crippen LogP contribution in [0.3, 0.4) is 0 Å². The van der Waals surface area contributed by atoms with Gasteiger partial charge in [-0.2, -0.15) is 0 Å². The molecule has 0 bridgehead atoms. The number of carbonyl (C=O) groups is 2. The third kappa shape index (κ3) is 5.17. The first kappa shape index (κ1) is 25.9. The van der Waals surface area contributed by atoms with Crippen molar-refractivity contribution in [2.45, 2.75) is 45.8 Å². The van der Waals surface area contributed by atoms with Gasteiger partial charge in [0.15, 0.2) is 11.5 Å². The van der Waals surface area contributed by atoms with Crippen molar-refractivity contribution >= 4 is 34.8 Å². The van der Waals surface area contributed by atoms with Crippen molar-refractivity contribution in [1.29, 1.82) is 0 Å². The molecule has 12 nitrogen and oxygen atoms in total. The Bertz CT molecular complexity index is 1620. The molecular weight excluding hydrogens is 500 g/mol. The highest BCUT2D eigenvalue weighted by molar-refractivity contribution is 6.03. The van der Waals surface area contributed by atoms with Crippen LogP contribution in [0.1, 0.15) is 49.2 Å². The highest BCUT2D eigenvalue weighted by atomic mass is 16.6. The van der Waals surface area contributed by atoms with E-state index in [0.29, 0.717) is 47.7 Å². The average molecular weight is 531 g/mol. The summed E-state index contributed by atoms with van der Waals surface area (Å²) in [6.45, 7) is 8.08. The molecule has 1 aliphatic heterocycles. The number of rotatable bonds is 4. The van der Waals surface area contributed by atoms with Crippen molar-refractivity contribution < 1.29 is 14.3 Å². The summed E-state index contributed by atoms with van der Waals surface area (Å²) in [6, 6.07) is 9.86. The molecule has 39 heavy (non-hydrogen) atoms. The Morgan fingerprint density at radius 2 is 1.85 bits per heavy atom. The number of anilines is 2. The summed E-state index contributed by atoms with van der Waals surface area (Å²) in [5.74, 6) is 0.265. The number of aryl methyl sites for hydroxylation is 1. The van der Waals surface area contributed by atoms with Gasteiger partial charge in [-0.25, -0.2) is 24.5 Å². The second-order valence-electron chi connectivity index (χ2n) is 10.5. The van der Waals surface area contributed by atoms with Crippen LogP contribution in [0.5, 0.6) is 0 Å². The van der Waals surface area contributed by atoms with Gasteiger partial charge in [-0.3, -0.25) is 13.9 Å². The number of imidazole rings is 1. The first-order chi connectivity index (χ1) is 18.5. The lowest BCUT2D eigenvalue weighted by atomic mass is 10.2. The fourth-order valence-corrected chi connectivity index (χ4v) is 4.64. The maximum atomic E-state index is 13.8. The van der Waals surface area contributed by atoms with Crippen LogP contribution in [-0.2, 0) is 4.74 Å². The quantitative estimate of drug-likeness (QED) is 0.408. The van der Waals surface area contributed by atoms with Crippen molar-refractivity contribution in [2.75, 3.05) is 24.1 Å². The van der Waals surface area contributed by atoms with Crippen molar-refractivity contribution in [2.24, 2.45) is 0 Å². The van der Waals surface area contributed by atoms with E-state index in [1.807, 2.05) is 33.8 Å². The Labute approximate surface area is 224 Å². The number of nitrogens with two attached hydrogens (primary N) is 1. The van der Waals surface area contributed by atoms with Gasteiger partial charge in [-0.05, 0) is 76.1 Å². The van der Waals surface area contributed by atoms with E-state index in [-0.39, 0.29) is 23.5 Å². The summed E-state index contributed by atoms with van der Waals surface area (Å²) in [4.78, 5) is 53.4. The largest absolute Gasteiger partial charge is 0.444 e. The molecule has 1 unspecified atom stereocenters. The van der Waals surface area contributed by atoms with E-state index in [1.54, 1.807) is 46.0 Å². The Morgan fingerprint density at radius 1 is 1.10 bits per heavy atom. The lowest BCUT2D eigenvalue weighted by Crippen LogP contribution is -2.36. The Morgan fingerprint density at radius 3 is 2.54 bits per heavy atom. The number of aromatic nitrogens is 5. The van der Waals surface area contributed by atoms with E-state index in [9.17, 15) is 14.4 Å². The standard InChI is InChI=1S/C27H30N8O4/c1-16-9-11-29-20(13-16)32-24(36)17-5-7-18(8-6-17)34-21-22(28)30-15-31-23(21)35(25(34)37)19-10-12-33(14-19)26(38)39-27(2,3)4/h5-9,11,13,15,19H,10,12,14H2,1-4H3,(H2,28,30,31)(H,29,32,36). The maximum Gasteiger partial charge on any atom is 0.410 e. The molecule has 1 aliphatic rings. The first-order valence-electron chi connectivity index (χ1n) is 12.6. The first-order valence-corrected chi connectivity index (χ1v) is 12.6. The second kappa shape index (κ2) is 9.86. The summed E-state index contributed by atoms with van der Waals surface area (Å²) < 4.78 is 8.50. The number of nitrogen functional groups attached to an aromatic ring is 1. The van der Waals surface area contributed by atoms with Crippen LogP contribution in [0, 0.1) is 6.92 Å². The van der Waals surface area contributed by atoms with Gasteiger partial charge in [0, 0.05) is 24.8 Å². The molecule has 3 aromatic heterocycles. The molecule has 0 spiro atoms. The number of carbonyl (C=O) groups excluding carboxylic acids is 2. The molecule has 1 fully saturated rings. The molecule has 0 saturated carbocycles. The van der Waals surface area contributed by atoms with E-state index in [4.69, 9.17) is 10.5 Å². The van der Waals surface area contributed by atoms with Crippen LogP contribution in [-0.4, -0.2) is 59.7 Å². The van der Waals surface area contributed by atoms with Crippen molar-refractivity contribution in [1.82, 2.24) is 29.0 Å². The minimum Gasteiger partial charge on any atom is -0.444 e. The molecule has 4 heterocycles. The van der Waals surface area contributed by atoms with Gasteiger partial charge in [0.05, 0.1) is 11.7 Å². The van der Waals surface area contributed by atoms with Crippen molar-refractivity contribution in [3.05, 3.63) is 70.5 Å². The lowest BCUT2D eigenvalue weighted by molar-refractivity contribution is 0.0289. The monoisotopic (exact) mass is 530 g/mol. The van der Waals surface area contributed by atoms with Crippen LogP contribution < -0.4 is 16.7 Å². The molecule has 3 N–H and O–H groups in total. The molecule has 2 amide bonds. The summed E-state index contributed by atoms with van der Waals surface area (Å²) in [7, 11) is 0. The third-order valence-corrected chi connectivity index (χ3v) is 6.41. The van der Waals surface area contributed by atoms with Crippen molar-refractivity contribution in [3.63, 3.8) is 0 Å². The number of likely N-dealkylation sites (tertiary alicyclic amines) is 1. The number of benzene rings is 1. The van der Waals surface area contributed by atoms with Gasteiger partial charge < -0.3 is 20.7 Å². The zero-order valence-electron chi connectivity index (χ0n) is 22.2. The average Bonchev–Trinajstić information content (AvgIpc) is 3.46. The van der Waals surface area contributed by atoms with E-state index in [0.717, 1.165) is 5.56 Å². The summed E-state index contributed by atoms with van der Waals surface area (Å²) in [5.41, 5.74) is 7.83. The number of hydrogen-bond donors (Lipinski definition) is 2. The zero-order chi connectivity index (χ0) is 27.9. The van der Waals surface area contributed by atoms with E-state index in [1.165, 1.54) is 10.9 Å². The smallest absolute Gasteiger partial charge is 0.410 e. The fraction of sp³-hybridized carbons (Fsp3) is 0.333. The number of nitrogens with zero attached hydrogens (tertiary/aromatic N) is 6. The maximum absolute atomic E-state index is 13.8. The number of fused-ring (bicyclic) bond motifs is 1. The van der Waals surface area contributed by atoms with Gasteiger partial charge >= 0.3 is 11.8 Å². The Kier molecular flexibility index (Phi) is 6.54. The van der Waals surface area contributed by atoms with Crippen LogP contribution >= 0.6 is 0 Å². The van der Waals surface area contributed by atoms with Gasteiger partial charge in [-0.1, -0.05) is 0 Å². The zero-order valence-corrected chi connectivity index (χ0v) is 22.2. The SMILES string of the molecule is Cc1ccnc(NC(=O)c2ccc(-n3c(=O)n(C4CCN(C(=O)OC(C)(C)C)C4)c4ncnc(N)c43)cc2)c1. The molecule has 5 rings (SSSR count). The predicted octanol–water partition coefficient (Wildman–Crippen LogP) is 3.30. The lowest BCUT2D eigenvalue weighted by Gasteiger charge is -2.24. The molecule has 202 valence electrons. The second-order valence-corrected chi connectivity index (χ2v) is 10.5. The highest BCUT2D eigenvalue weighted by Gasteiger charge is 2.34. The number of pyridine rings is 1. The van der Waals surface area contributed by atoms with Crippen LogP contribution in [0.2, 0.25) is 0 Å². The van der Waals surface area contributed by atoms with E-state index in [2.05, 4.69) is 20.3 Å². The topological polar surface area (TPSA) is 150 Å². The van der Waals surface area contributed by atoms with Gasteiger partial charge in [0.25, 0.3) is 5.91 Å². The Balaban J connectivity index is 1.46. The molecule has 1 aromatic carbocycles. The van der Waals surface area contributed by atoms with Crippen LogP contribution in [0.4, 0.5) is 16.4 Å². The van der Waals surface area contributed by atoms with Crippen LogP contribution in [0.15, 0.2) is 53.7 Å². The number of amides is 2. The number of ether oxygens (including phenoxy) is 1. The number of hydrogen-bond acceptors (Lipinski definition) is 8. The van der Waals surface area contributed by atoms with E-state index < -0.39 is 11.7 Å². The molecule has 0 radical (unpaired) electrons. The number of nitrogens with one attached hydrogen (secondary N) is 1. The Hall–Kier alpha value is -4.74. The molecular formula is C27H30N8O4.